The molecule has 0 aliphatic carbocycles. The number of benzene rings is 2. The van der Waals surface area contributed by atoms with Crippen LogP contribution in [0.2, 0.25) is 0 Å². The molecule has 2 nitrogen and oxygen atoms in total. The van der Waals surface area contributed by atoms with Crippen molar-refractivity contribution >= 4 is 40.2 Å². The van der Waals surface area contributed by atoms with Crippen LogP contribution in [-0.2, 0) is 0 Å². The molecule has 3 rings (SSSR count). The molecular weight excluding hydrogens is 431 g/mol. The lowest BCUT2D eigenvalue weighted by atomic mass is 9.79. The number of rotatable bonds is 4. The Morgan fingerprint density at radius 2 is 2.04 bits per heavy atom. The minimum Gasteiger partial charge on any atom is -0.366 e. The van der Waals surface area contributed by atoms with Gasteiger partial charge in [-0.3, -0.25) is 4.99 Å². The molecule has 0 fully saturated rings. The average molecular weight is 460 g/mol. The molecule has 0 aromatic heterocycles. The third kappa shape index (κ3) is 3.98. The van der Waals surface area contributed by atoms with E-state index < -0.39 is 0 Å². The highest BCUT2D eigenvalue weighted by Gasteiger charge is 2.36. The fourth-order valence-electron chi connectivity index (χ4n) is 4.14. The summed E-state index contributed by atoms with van der Waals surface area (Å²) in [5, 5.41) is 0. The summed E-state index contributed by atoms with van der Waals surface area (Å²) < 4.78 is 1.21. The predicted molar refractivity (Wildman–Crippen MR) is 122 cm³/mol. The molecule has 0 saturated carbocycles. The van der Waals surface area contributed by atoms with E-state index in [-0.39, 0.29) is 5.54 Å². The highest BCUT2D eigenvalue weighted by Crippen LogP contribution is 2.44. The van der Waals surface area contributed by atoms with Crippen LogP contribution in [0.25, 0.3) is 0 Å². The fraction of sp³-hybridized carbons (Fsp3) is 0.435. The maximum Gasteiger partial charge on any atom is 0.0640 e. The van der Waals surface area contributed by atoms with Gasteiger partial charge in [0.1, 0.15) is 0 Å². The van der Waals surface area contributed by atoms with Gasteiger partial charge in [-0.2, -0.15) is 0 Å². The van der Waals surface area contributed by atoms with E-state index in [0.717, 1.165) is 12.2 Å². The lowest BCUT2D eigenvalue weighted by molar-refractivity contribution is 0.376. The first-order valence-corrected chi connectivity index (χ1v) is 10.6. The summed E-state index contributed by atoms with van der Waals surface area (Å²) in [4.78, 5) is 7.32. The number of hydrogen-bond donors (Lipinski definition) is 0. The van der Waals surface area contributed by atoms with Crippen molar-refractivity contribution in [2.45, 2.75) is 58.9 Å². The van der Waals surface area contributed by atoms with Crippen LogP contribution in [0.1, 0.15) is 63.1 Å². The highest BCUT2D eigenvalue weighted by molar-refractivity contribution is 14.1. The van der Waals surface area contributed by atoms with Crippen molar-refractivity contribution in [3.8, 4) is 0 Å². The van der Waals surface area contributed by atoms with Gasteiger partial charge in [0.05, 0.1) is 5.69 Å². The van der Waals surface area contributed by atoms with Crippen LogP contribution in [0, 0.1) is 10.5 Å². The second-order valence-electron chi connectivity index (χ2n) is 8.07. The summed E-state index contributed by atoms with van der Waals surface area (Å²) in [7, 11) is 0. The Morgan fingerprint density at radius 1 is 1.27 bits per heavy atom. The van der Waals surface area contributed by atoms with Gasteiger partial charge in [-0.25, -0.2) is 0 Å². The Morgan fingerprint density at radius 3 is 2.73 bits per heavy atom. The zero-order valence-corrected chi connectivity index (χ0v) is 18.7. The van der Waals surface area contributed by atoms with Gasteiger partial charge in [-0.1, -0.05) is 19.9 Å². The number of hydrogen-bond acceptors (Lipinski definition) is 2. The molecule has 0 bridgehead atoms. The SMILES string of the molecule is CCCN1c2cc(C)c(C=Nc3cccc(I)c3)cc2C(C)CC1(C)C. The molecule has 0 N–H and O–H groups in total. The van der Waals surface area contributed by atoms with Crippen LogP contribution < -0.4 is 4.90 Å². The van der Waals surface area contributed by atoms with E-state index in [1.165, 1.54) is 38.8 Å². The van der Waals surface area contributed by atoms with Crippen molar-refractivity contribution in [1.29, 1.82) is 0 Å². The number of aliphatic imine (C=N–C) groups is 1. The quantitative estimate of drug-likeness (QED) is 0.360. The Hall–Kier alpha value is -1.36. The molecule has 1 unspecified atom stereocenters. The van der Waals surface area contributed by atoms with Crippen LogP contribution in [0.4, 0.5) is 11.4 Å². The second kappa shape index (κ2) is 7.71. The lowest BCUT2D eigenvalue weighted by Crippen LogP contribution is -2.48. The number of halogens is 1. The monoisotopic (exact) mass is 460 g/mol. The van der Waals surface area contributed by atoms with E-state index in [1.54, 1.807) is 0 Å². The zero-order chi connectivity index (χ0) is 18.9. The van der Waals surface area contributed by atoms with E-state index in [1.807, 2.05) is 6.21 Å². The van der Waals surface area contributed by atoms with Gasteiger partial charge in [-0.15, -0.1) is 0 Å². The number of fused-ring (bicyclic) bond motifs is 1. The number of anilines is 1. The summed E-state index contributed by atoms with van der Waals surface area (Å²) in [5.74, 6) is 0.568. The third-order valence-corrected chi connectivity index (χ3v) is 6.05. The van der Waals surface area contributed by atoms with E-state index in [9.17, 15) is 0 Å². The molecule has 2 aromatic carbocycles. The standard InChI is InChI=1S/C23H29IN2/c1-6-10-26-22-11-16(2)18(12-21(22)17(3)14-23(26,4)5)15-25-20-9-7-8-19(24)13-20/h7-9,11-13,15,17H,6,10,14H2,1-5H3. The maximum absolute atomic E-state index is 4.71. The largest absolute Gasteiger partial charge is 0.366 e. The Labute approximate surface area is 171 Å². The molecule has 0 amide bonds. The molecule has 26 heavy (non-hydrogen) atoms. The molecule has 1 aliphatic rings. The molecule has 1 heterocycles. The highest BCUT2D eigenvalue weighted by atomic mass is 127. The molecule has 2 aromatic rings. The summed E-state index contributed by atoms with van der Waals surface area (Å²) in [5.41, 5.74) is 6.63. The summed E-state index contributed by atoms with van der Waals surface area (Å²) in [6.07, 6.45) is 4.39. The van der Waals surface area contributed by atoms with Gasteiger partial charge in [0.25, 0.3) is 0 Å². The third-order valence-electron chi connectivity index (χ3n) is 5.38. The van der Waals surface area contributed by atoms with Crippen molar-refractivity contribution in [2.75, 3.05) is 11.4 Å². The average Bonchev–Trinajstić information content (AvgIpc) is 2.57. The summed E-state index contributed by atoms with van der Waals surface area (Å²) in [6.45, 7) is 12.7. The minimum absolute atomic E-state index is 0.213. The van der Waals surface area contributed by atoms with Crippen LogP contribution in [0.3, 0.4) is 0 Å². The van der Waals surface area contributed by atoms with E-state index in [2.05, 4.69) is 98.5 Å². The zero-order valence-electron chi connectivity index (χ0n) is 16.5. The van der Waals surface area contributed by atoms with Crippen molar-refractivity contribution < 1.29 is 0 Å². The molecule has 1 aliphatic heterocycles. The van der Waals surface area contributed by atoms with Crippen LogP contribution in [0.5, 0.6) is 0 Å². The normalized spacial score (nSPS) is 19.0. The first-order valence-electron chi connectivity index (χ1n) is 9.53. The molecule has 1 atom stereocenters. The van der Waals surface area contributed by atoms with Gasteiger partial charge in [0, 0.05) is 27.6 Å². The molecule has 138 valence electrons. The molecular formula is C23H29IN2. The van der Waals surface area contributed by atoms with E-state index >= 15 is 0 Å². The Bertz CT molecular complexity index is 823. The van der Waals surface area contributed by atoms with Crippen LogP contribution >= 0.6 is 22.6 Å². The van der Waals surface area contributed by atoms with Gasteiger partial charge >= 0.3 is 0 Å². The van der Waals surface area contributed by atoms with Crippen molar-refractivity contribution in [3.05, 3.63) is 56.7 Å². The first-order chi connectivity index (χ1) is 12.3. The van der Waals surface area contributed by atoms with E-state index in [4.69, 9.17) is 4.99 Å². The Kier molecular flexibility index (Phi) is 5.75. The molecule has 3 heteroatoms. The predicted octanol–water partition coefficient (Wildman–Crippen LogP) is 6.85. The number of nitrogens with zero attached hydrogens (tertiary/aromatic N) is 2. The topological polar surface area (TPSA) is 15.6 Å². The minimum atomic E-state index is 0.213. The van der Waals surface area contributed by atoms with Gasteiger partial charge < -0.3 is 4.90 Å². The smallest absolute Gasteiger partial charge is 0.0640 e. The van der Waals surface area contributed by atoms with Crippen LogP contribution in [-0.4, -0.2) is 18.3 Å². The maximum atomic E-state index is 4.71. The van der Waals surface area contributed by atoms with Gasteiger partial charge in [-0.05, 0) is 109 Å². The van der Waals surface area contributed by atoms with Crippen molar-refractivity contribution in [3.63, 3.8) is 0 Å². The summed E-state index contributed by atoms with van der Waals surface area (Å²) >= 11 is 2.33. The first kappa shape index (κ1) is 19.4. The summed E-state index contributed by atoms with van der Waals surface area (Å²) in [6, 6.07) is 13.1. The Balaban J connectivity index is 2.00. The van der Waals surface area contributed by atoms with Crippen LogP contribution in [0.15, 0.2) is 41.4 Å². The van der Waals surface area contributed by atoms with Gasteiger partial charge in [0.15, 0.2) is 0 Å². The molecule has 0 radical (unpaired) electrons. The fourth-order valence-corrected chi connectivity index (χ4v) is 4.66. The van der Waals surface area contributed by atoms with E-state index in [0.29, 0.717) is 5.92 Å². The second-order valence-corrected chi connectivity index (χ2v) is 9.32. The van der Waals surface area contributed by atoms with Crippen molar-refractivity contribution in [2.24, 2.45) is 4.99 Å². The van der Waals surface area contributed by atoms with Crippen molar-refractivity contribution in [1.82, 2.24) is 0 Å². The molecule has 0 saturated heterocycles. The van der Waals surface area contributed by atoms with Gasteiger partial charge in [0.2, 0.25) is 0 Å². The molecule has 0 spiro atoms. The number of aryl methyl sites for hydroxylation is 1. The lowest BCUT2D eigenvalue weighted by Gasteiger charge is -2.48.